The van der Waals surface area contributed by atoms with Gasteiger partial charge in [-0.15, -0.1) is 11.3 Å². The van der Waals surface area contributed by atoms with Gasteiger partial charge >= 0.3 is 0 Å². The summed E-state index contributed by atoms with van der Waals surface area (Å²) in [5.41, 5.74) is 3.79. The lowest BCUT2D eigenvalue weighted by molar-refractivity contribution is -0.117. The van der Waals surface area contributed by atoms with Gasteiger partial charge in [0.1, 0.15) is 0 Å². The van der Waals surface area contributed by atoms with Crippen LogP contribution in [-0.4, -0.2) is 23.3 Å². The normalized spacial score (nSPS) is 14.2. The first-order valence-corrected chi connectivity index (χ1v) is 9.09. The molecule has 0 radical (unpaired) electrons. The number of hydrogen-bond donors (Lipinski definition) is 1. The van der Waals surface area contributed by atoms with E-state index in [0.717, 1.165) is 36.2 Å². The van der Waals surface area contributed by atoms with Crippen molar-refractivity contribution in [2.75, 3.05) is 16.8 Å². The van der Waals surface area contributed by atoms with Crippen molar-refractivity contribution in [3.05, 3.63) is 40.4 Å². The highest BCUT2D eigenvalue weighted by Gasteiger charge is 2.24. The zero-order valence-electron chi connectivity index (χ0n) is 14.0. The van der Waals surface area contributed by atoms with E-state index < -0.39 is 0 Å². The summed E-state index contributed by atoms with van der Waals surface area (Å²) < 4.78 is 0. The molecule has 0 atom stereocenters. The molecule has 2 aromatic rings. The topological polar surface area (TPSA) is 62.3 Å². The fourth-order valence-electron chi connectivity index (χ4n) is 2.90. The number of nitrogens with one attached hydrogen (secondary N) is 1. The van der Waals surface area contributed by atoms with Crippen molar-refractivity contribution in [1.82, 2.24) is 4.98 Å². The molecule has 6 heteroatoms. The maximum absolute atomic E-state index is 12.4. The Bertz CT molecular complexity index is 769. The first-order valence-electron chi connectivity index (χ1n) is 8.21. The maximum Gasteiger partial charge on any atom is 0.230 e. The van der Waals surface area contributed by atoms with Crippen LogP contribution in [0.2, 0.25) is 0 Å². The Balaban J connectivity index is 1.68. The number of carbonyl (C=O) groups is 2. The van der Waals surface area contributed by atoms with Crippen LogP contribution in [0.1, 0.15) is 36.6 Å². The minimum atomic E-state index is -0.0800. The van der Waals surface area contributed by atoms with Gasteiger partial charge in [0.05, 0.1) is 12.1 Å². The van der Waals surface area contributed by atoms with Crippen molar-refractivity contribution >= 4 is 34.0 Å². The van der Waals surface area contributed by atoms with Gasteiger partial charge in [0, 0.05) is 24.0 Å². The van der Waals surface area contributed by atoms with E-state index in [1.807, 2.05) is 30.5 Å². The van der Waals surface area contributed by atoms with Crippen LogP contribution < -0.4 is 10.2 Å². The molecule has 1 aromatic heterocycles. The fraction of sp³-hybridized carbons (Fsp3) is 0.389. The second-order valence-corrected chi connectivity index (χ2v) is 6.79. The van der Waals surface area contributed by atoms with E-state index in [9.17, 15) is 9.59 Å². The van der Waals surface area contributed by atoms with Crippen LogP contribution in [0.4, 0.5) is 10.8 Å². The average Bonchev–Trinajstić information content (AvgIpc) is 3.18. The highest BCUT2D eigenvalue weighted by Crippen LogP contribution is 2.26. The molecule has 1 aromatic carbocycles. The molecule has 1 aliphatic heterocycles. The third kappa shape index (κ3) is 3.48. The van der Waals surface area contributed by atoms with Crippen LogP contribution in [0.15, 0.2) is 23.6 Å². The minimum Gasteiger partial charge on any atom is -0.325 e. The lowest BCUT2D eigenvalue weighted by atomic mass is 10.1. The van der Waals surface area contributed by atoms with Gasteiger partial charge in [0.15, 0.2) is 5.13 Å². The van der Waals surface area contributed by atoms with E-state index >= 15 is 0 Å². The number of nitrogens with zero attached hydrogens (tertiary/aromatic N) is 2. The van der Waals surface area contributed by atoms with Gasteiger partial charge < -0.3 is 5.32 Å². The molecule has 1 aliphatic rings. The second-order valence-electron chi connectivity index (χ2n) is 5.96. The van der Waals surface area contributed by atoms with Crippen molar-refractivity contribution in [3.63, 3.8) is 0 Å². The number of hydrogen-bond acceptors (Lipinski definition) is 4. The minimum absolute atomic E-state index is 0.0800. The molecular weight excluding hydrogens is 322 g/mol. The highest BCUT2D eigenvalue weighted by atomic mass is 32.1. The first kappa shape index (κ1) is 16.6. The summed E-state index contributed by atoms with van der Waals surface area (Å²) in [4.78, 5) is 30.3. The van der Waals surface area contributed by atoms with Crippen molar-refractivity contribution in [1.29, 1.82) is 0 Å². The predicted molar refractivity (Wildman–Crippen MR) is 96.6 cm³/mol. The number of rotatable bonds is 5. The van der Waals surface area contributed by atoms with Gasteiger partial charge in [-0.25, -0.2) is 4.98 Å². The third-order valence-electron chi connectivity index (χ3n) is 4.19. The molecule has 2 heterocycles. The number of amides is 2. The van der Waals surface area contributed by atoms with Crippen molar-refractivity contribution < 1.29 is 9.59 Å². The van der Waals surface area contributed by atoms with Gasteiger partial charge in [-0.2, -0.15) is 0 Å². The summed E-state index contributed by atoms with van der Waals surface area (Å²) in [5.74, 6) is 0.0384. The van der Waals surface area contributed by atoms with Crippen molar-refractivity contribution in [2.45, 2.75) is 39.5 Å². The Labute approximate surface area is 145 Å². The number of aromatic nitrogens is 1. The molecule has 3 rings (SSSR count). The number of para-hydroxylation sites is 1. The Morgan fingerprint density at radius 2 is 2.25 bits per heavy atom. The predicted octanol–water partition coefficient (Wildman–Crippen LogP) is 3.32. The summed E-state index contributed by atoms with van der Waals surface area (Å²) in [5, 5.41) is 5.57. The van der Waals surface area contributed by atoms with Crippen LogP contribution in [0.25, 0.3) is 0 Å². The molecule has 2 amide bonds. The van der Waals surface area contributed by atoms with Gasteiger partial charge in [-0.1, -0.05) is 25.1 Å². The zero-order chi connectivity index (χ0) is 17.1. The fourth-order valence-corrected chi connectivity index (χ4v) is 3.77. The molecule has 0 spiro atoms. The van der Waals surface area contributed by atoms with E-state index in [-0.39, 0.29) is 18.2 Å². The van der Waals surface area contributed by atoms with Gasteiger partial charge in [0.2, 0.25) is 11.8 Å². The van der Waals surface area contributed by atoms with Crippen molar-refractivity contribution in [3.8, 4) is 0 Å². The van der Waals surface area contributed by atoms with Gasteiger partial charge in [-0.05, 0) is 30.9 Å². The monoisotopic (exact) mass is 343 g/mol. The maximum atomic E-state index is 12.4. The summed E-state index contributed by atoms with van der Waals surface area (Å²) in [7, 11) is 0. The Morgan fingerprint density at radius 3 is 2.96 bits per heavy atom. The quantitative estimate of drug-likeness (QED) is 0.906. The number of carbonyl (C=O) groups excluding carboxylic acids is 2. The van der Waals surface area contributed by atoms with E-state index in [2.05, 4.69) is 17.2 Å². The lowest BCUT2D eigenvalue weighted by Gasteiger charge is -2.12. The molecule has 1 fully saturated rings. The third-order valence-corrected chi connectivity index (χ3v) is 5.10. The Hall–Kier alpha value is -2.21. The molecule has 5 nitrogen and oxygen atoms in total. The summed E-state index contributed by atoms with van der Waals surface area (Å²) in [6.45, 7) is 4.79. The average molecular weight is 343 g/mol. The van der Waals surface area contributed by atoms with Gasteiger partial charge in [-0.3, -0.25) is 14.5 Å². The Kier molecular flexibility index (Phi) is 4.94. The summed E-state index contributed by atoms with van der Waals surface area (Å²) in [6, 6.07) is 6.03. The van der Waals surface area contributed by atoms with Gasteiger partial charge in [0.25, 0.3) is 0 Å². The zero-order valence-corrected chi connectivity index (χ0v) is 14.8. The summed E-state index contributed by atoms with van der Waals surface area (Å²) in [6.07, 6.45) is 2.55. The molecule has 0 unspecified atom stereocenters. The van der Waals surface area contributed by atoms with Crippen LogP contribution in [0, 0.1) is 6.92 Å². The molecule has 1 saturated heterocycles. The van der Waals surface area contributed by atoms with Crippen LogP contribution in [0.3, 0.4) is 0 Å². The molecule has 0 bridgehead atoms. The second kappa shape index (κ2) is 7.13. The van der Waals surface area contributed by atoms with Crippen molar-refractivity contribution in [2.24, 2.45) is 0 Å². The largest absolute Gasteiger partial charge is 0.325 e. The lowest BCUT2D eigenvalue weighted by Crippen LogP contribution is -2.23. The molecule has 126 valence electrons. The van der Waals surface area contributed by atoms with Crippen LogP contribution >= 0.6 is 11.3 Å². The van der Waals surface area contributed by atoms with E-state index in [0.29, 0.717) is 17.2 Å². The Morgan fingerprint density at radius 1 is 1.42 bits per heavy atom. The van der Waals surface area contributed by atoms with E-state index in [1.54, 1.807) is 4.90 Å². The highest BCUT2D eigenvalue weighted by molar-refractivity contribution is 7.14. The van der Waals surface area contributed by atoms with Crippen LogP contribution in [0.5, 0.6) is 0 Å². The van der Waals surface area contributed by atoms with Crippen LogP contribution in [-0.2, 0) is 22.4 Å². The van der Waals surface area contributed by atoms with E-state index in [1.165, 1.54) is 11.3 Å². The number of benzene rings is 1. The molecule has 1 N–H and O–H groups in total. The van der Waals surface area contributed by atoms with E-state index in [4.69, 9.17) is 0 Å². The molecule has 0 saturated carbocycles. The summed E-state index contributed by atoms with van der Waals surface area (Å²) >= 11 is 1.42. The molecule has 24 heavy (non-hydrogen) atoms. The number of aryl methyl sites for hydroxylation is 2. The SMILES string of the molecule is CCc1cccc(C)c1NC(=O)Cc1csc(N2CCCC2=O)n1. The molecule has 0 aliphatic carbocycles. The number of thiazole rings is 1. The number of anilines is 2. The standard InChI is InChI=1S/C18H21N3O2S/c1-3-13-7-4-6-12(2)17(13)20-15(22)10-14-11-24-18(19-14)21-9-5-8-16(21)23/h4,6-7,11H,3,5,8-10H2,1-2H3,(H,20,22). The smallest absolute Gasteiger partial charge is 0.230 e. The first-order chi connectivity index (χ1) is 11.6. The molecular formula is C18H21N3O2S.